The molecule has 0 aromatic rings. The van der Waals surface area contributed by atoms with E-state index < -0.39 is 17.8 Å². The summed E-state index contributed by atoms with van der Waals surface area (Å²) in [5.74, 6) is 1.84. The van der Waals surface area contributed by atoms with Gasteiger partial charge >= 0.3 is 0 Å². The van der Waals surface area contributed by atoms with Gasteiger partial charge in [-0.3, -0.25) is 0 Å². The van der Waals surface area contributed by atoms with Crippen molar-refractivity contribution >= 4 is 0 Å². The molecule has 6 saturated heterocycles. The van der Waals surface area contributed by atoms with Crippen LogP contribution in [0, 0.1) is 37.5 Å². The van der Waals surface area contributed by atoms with Crippen LogP contribution >= 0.6 is 0 Å². The van der Waals surface area contributed by atoms with Gasteiger partial charge in [-0.15, -0.1) is 0 Å². The SMILES string of the molecule is [C-]#[N+][C@H](C)C[C@H]1CC[C@@H]2O[C@@H]3C[C@]2(C=C[C@H]3C)O1.[C-]#[N+][C@H](C)C[C@H]1CC[C@@H]2O[C@@H]3C[C@]2(C[C@@H](C)[C@H]3C)O1.[C-]#[N+][C@H](C)C[C@H]1CC[C@@H]2O[C@@H]3C[C@]2(C[C@@H](O)[C@H]3O)O1. The van der Waals surface area contributed by atoms with Gasteiger partial charge in [0.2, 0.25) is 18.1 Å². The fourth-order valence-corrected chi connectivity index (χ4v) is 11.7. The van der Waals surface area contributed by atoms with Gasteiger partial charge in [-0.25, -0.2) is 19.7 Å². The number of aliphatic hydroxyl groups is 2. The highest BCUT2D eigenvalue weighted by molar-refractivity contribution is 5.20. The van der Waals surface area contributed by atoms with Crippen LogP contribution in [0.5, 0.6) is 0 Å². The Balaban J connectivity index is 0.000000129. The van der Waals surface area contributed by atoms with Crippen LogP contribution in [-0.4, -0.2) is 112 Å². The standard InChI is InChI=1S/C16H25NO2.C15H21NO2.C14H21NO4/c1-10-8-16-9-14(12(10)3)18-15(16)6-5-13(19-16)7-11(2)17-4;1-10-6-7-15-9-13(10)17-14(15)5-4-12(18-15)8-11(2)16-3;1-8(15-2)5-9-3-4-12-14(19-9)6-10(16)13(17)11(7-14)18-12/h10-15H,5-9H2,1-3H3;6-7,10-14H,4-5,8-9H2,1-2H3;8-13,16-17H,3-7H2,1H3/t10-,11-,12-,13-,14-,15+,16+;10-,11-,12-,13-,14+,15+;8-,9-,10-,11-,12+,13-,14+/m111/s1. The van der Waals surface area contributed by atoms with Gasteiger partial charge in [-0.1, -0.05) is 32.9 Å². The third-order valence-corrected chi connectivity index (χ3v) is 15.0. The molecule has 0 amide bonds. The maximum Gasteiger partial charge on any atom is 0.223 e. The molecule has 0 radical (unpaired) electrons. The van der Waals surface area contributed by atoms with Crippen LogP contribution in [0.15, 0.2) is 12.2 Å². The molecule has 0 unspecified atom stereocenters. The van der Waals surface area contributed by atoms with E-state index in [1.54, 1.807) is 0 Å². The highest BCUT2D eigenvalue weighted by Gasteiger charge is 2.61. The molecule has 0 aromatic carbocycles. The van der Waals surface area contributed by atoms with Crippen LogP contribution in [0.25, 0.3) is 14.5 Å². The van der Waals surface area contributed by atoms with Crippen molar-refractivity contribution in [2.75, 3.05) is 0 Å². The number of aliphatic hydroxyl groups excluding tert-OH is 2. The summed E-state index contributed by atoms with van der Waals surface area (Å²) >= 11 is 0. The van der Waals surface area contributed by atoms with E-state index in [1.807, 2.05) is 20.8 Å². The van der Waals surface area contributed by atoms with Crippen LogP contribution in [0.1, 0.15) is 131 Å². The molecule has 2 saturated carbocycles. The maximum atomic E-state index is 9.95. The van der Waals surface area contributed by atoms with E-state index in [4.69, 9.17) is 48.1 Å². The zero-order valence-corrected chi connectivity index (χ0v) is 34.6. The minimum absolute atomic E-state index is 0.0104. The van der Waals surface area contributed by atoms with Gasteiger partial charge in [0.15, 0.2) is 0 Å². The minimum Gasteiger partial charge on any atom is -0.390 e. The Morgan fingerprint density at radius 1 is 0.607 bits per heavy atom. The zero-order chi connectivity index (χ0) is 40.0. The zero-order valence-electron chi connectivity index (χ0n) is 34.6. The Morgan fingerprint density at radius 2 is 1.09 bits per heavy atom. The number of hydrogen-bond acceptors (Lipinski definition) is 8. The summed E-state index contributed by atoms with van der Waals surface area (Å²) in [5.41, 5.74) is -0.642. The maximum absolute atomic E-state index is 9.95. The predicted octanol–water partition coefficient (Wildman–Crippen LogP) is 7.29. The molecule has 6 bridgehead atoms. The number of fused-ring (bicyclic) bond motifs is 3. The molecule has 20 atom stereocenters. The van der Waals surface area contributed by atoms with Gasteiger partial charge in [0.05, 0.1) is 72.2 Å². The van der Waals surface area contributed by atoms with E-state index in [9.17, 15) is 10.2 Å². The molecule has 3 aliphatic carbocycles. The van der Waals surface area contributed by atoms with Crippen molar-refractivity contribution in [3.63, 3.8) is 0 Å². The molecule has 6 heterocycles. The molecule has 11 heteroatoms. The summed E-state index contributed by atoms with van der Waals surface area (Å²) in [6.45, 7) is 34.0. The van der Waals surface area contributed by atoms with E-state index in [-0.39, 0.29) is 66.0 Å². The first-order valence-corrected chi connectivity index (χ1v) is 21.9. The van der Waals surface area contributed by atoms with Crippen LogP contribution in [0.2, 0.25) is 0 Å². The molecule has 8 fully saturated rings. The Labute approximate surface area is 335 Å². The quantitative estimate of drug-likeness (QED) is 0.214. The van der Waals surface area contributed by atoms with Gasteiger partial charge in [0, 0.05) is 71.6 Å². The first-order chi connectivity index (χ1) is 26.7. The Kier molecular flexibility index (Phi) is 12.7. The average molecular weight is 778 g/mol. The summed E-state index contributed by atoms with van der Waals surface area (Å²) in [4.78, 5) is 10.7. The lowest BCUT2D eigenvalue weighted by atomic mass is 9.70. The molecule has 56 heavy (non-hydrogen) atoms. The number of hydrogen-bond donors (Lipinski definition) is 2. The summed E-state index contributed by atoms with van der Waals surface area (Å²) < 4.78 is 37.3. The molecule has 310 valence electrons. The lowest BCUT2D eigenvalue weighted by Gasteiger charge is -2.45. The molecule has 9 rings (SSSR count). The van der Waals surface area contributed by atoms with Gasteiger partial charge < -0.3 is 53.2 Å². The Hall–Kier alpha value is -2.11. The number of ether oxygens (including phenoxy) is 6. The highest BCUT2D eigenvalue weighted by Crippen LogP contribution is 2.54. The lowest BCUT2D eigenvalue weighted by molar-refractivity contribution is -0.178. The van der Waals surface area contributed by atoms with Gasteiger partial charge in [0.25, 0.3) is 0 Å². The second-order valence-electron chi connectivity index (χ2n) is 19.3. The van der Waals surface area contributed by atoms with Crippen LogP contribution in [-0.2, 0) is 28.4 Å². The molecule has 3 spiro atoms. The third-order valence-electron chi connectivity index (χ3n) is 15.0. The fourth-order valence-electron chi connectivity index (χ4n) is 11.7. The van der Waals surface area contributed by atoms with E-state index in [0.717, 1.165) is 77.0 Å². The van der Waals surface area contributed by atoms with Crippen molar-refractivity contribution in [1.82, 2.24) is 0 Å². The first-order valence-electron chi connectivity index (χ1n) is 21.9. The van der Waals surface area contributed by atoms with E-state index in [0.29, 0.717) is 48.9 Å². The summed E-state index contributed by atoms with van der Waals surface area (Å²) in [5, 5.41) is 19.8. The first kappa shape index (κ1) is 42.0. The van der Waals surface area contributed by atoms with E-state index in [1.165, 1.54) is 0 Å². The monoisotopic (exact) mass is 777 g/mol. The number of rotatable bonds is 6. The molecular weight excluding hydrogens is 711 g/mol. The molecule has 11 nitrogen and oxygen atoms in total. The molecule has 0 aromatic heterocycles. The summed E-state index contributed by atoms with van der Waals surface area (Å²) in [6, 6.07) is 0.110. The van der Waals surface area contributed by atoms with Crippen molar-refractivity contribution in [2.45, 2.75) is 234 Å². The second kappa shape index (κ2) is 16.9. The minimum atomic E-state index is -0.791. The average Bonchev–Trinajstić information content (AvgIpc) is 3.80. The lowest BCUT2D eigenvalue weighted by Crippen LogP contribution is -2.54. The molecular formula is C45H67N3O8. The van der Waals surface area contributed by atoms with Gasteiger partial charge in [0.1, 0.15) is 11.7 Å². The van der Waals surface area contributed by atoms with Crippen molar-refractivity contribution < 1.29 is 38.6 Å². The highest BCUT2D eigenvalue weighted by atomic mass is 16.6. The van der Waals surface area contributed by atoms with Crippen molar-refractivity contribution in [3.8, 4) is 0 Å². The fraction of sp³-hybridized carbons (Fsp3) is 0.889. The van der Waals surface area contributed by atoms with E-state index >= 15 is 0 Å². The molecule has 6 aliphatic heterocycles. The predicted molar refractivity (Wildman–Crippen MR) is 210 cm³/mol. The molecule has 2 N–H and O–H groups in total. The smallest absolute Gasteiger partial charge is 0.223 e. The van der Waals surface area contributed by atoms with Crippen molar-refractivity contribution in [1.29, 1.82) is 0 Å². The van der Waals surface area contributed by atoms with Crippen LogP contribution < -0.4 is 0 Å². The normalized spacial score (nSPS) is 49.4. The van der Waals surface area contributed by atoms with Crippen LogP contribution in [0.3, 0.4) is 0 Å². The second-order valence-corrected chi connectivity index (χ2v) is 19.3. The van der Waals surface area contributed by atoms with Crippen LogP contribution in [0.4, 0.5) is 0 Å². The Morgan fingerprint density at radius 3 is 1.66 bits per heavy atom. The summed E-state index contributed by atoms with van der Waals surface area (Å²) in [7, 11) is 0. The molecule has 9 aliphatic rings. The third kappa shape index (κ3) is 8.35. The van der Waals surface area contributed by atoms with E-state index in [2.05, 4.69) is 47.5 Å². The largest absolute Gasteiger partial charge is 0.390 e. The van der Waals surface area contributed by atoms with Crippen molar-refractivity contribution in [2.24, 2.45) is 17.8 Å². The topological polar surface area (TPSA) is 109 Å². The van der Waals surface area contributed by atoms with Gasteiger partial charge in [-0.05, 0) is 56.8 Å². The Bertz CT molecular complexity index is 1470. The number of nitrogens with zero attached hydrogens (tertiary/aromatic N) is 3. The summed E-state index contributed by atoms with van der Waals surface area (Å²) in [6.07, 6.45) is 17.3. The van der Waals surface area contributed by atoms with Gasteiger partial charge in [-0.2, -0.15) is 0 Å². The van der Waals surface area contributed by atoms with Crippen molar-refractivity contribution in [3.05, 3.63) is 46.4 Å².